The first kappa shape index (κ1) is 21.5. The predicted molar refractivity (Wildman–Crippen MR) is 112 cm³/mol. The molecule has 0 radical (unpaired) electrons. The van der Waals surface area contributed by atoms with Crippen molar-refractivity contribution in [3.63, 3.8) is 0 Å². The third-order valence-corrected chi connectivity index (χ3v) is 9.78. The number of hydrogen-bond acceptors (Lipinski definition) is 6. The van der Waals surface area contributed by atoms with Gasteiger partial charge in [-0.1, -0.05) is 31.4 Å². The molecule has 0 aromatic rings. The van der Waals surface area contributed by atoms with E-state index < -0.39 is 28.8 Å². The smallest absolute Gasteiger partial charge is 0.312 e. The monoisotopic (exact) mass is 430 g/mol. The van der Waals surface area contributed by atoms with E-state index in [-0.39, 0.29) is 29.1 Å². The van der Waals surface area contributed by atoms with E-state index in [4.69, 9.17) is 20.6 Å². The van der Waals surface area contributed by atoms with Crippen molar-refractivity contribution in [2.24, 2.45) is 34.5 Å². The van der Waals surface area contributed by atoms with Gasteiger partial charge in [0.15, 0.2) is 5.79 Å². The standard InChI is InChI=1S/C25H34O6/c1-5-24(28)7-6-17-19-16(21(27)29-4)12-15-13-25(30-10-11-31-25)9-8-22(15,2)20(19)18(26)14-23(17,24)3/h1,12,16-20,26,28H,6-11,13-14H2,2-4H3/t16-,17+,18-,19+,20?,22+,23+,24?/m1/s1. The molecule has 5 aliphatic rings. The van der Waals surface area contributed by atoms with Crippen molar-refractivity contribution in [2.75, 3.05) is 20.3 Å². The lowest BCUT2D eigenvalue weighted by Crippen LogP contribution is -2.62. The molecule has 8 atom stereocenters. The van der Waals surface area contributed by atoms with E-state index >= 15 is 0 Å². The minimum atomic E-state index is -1.27. The molecule has 1 aliphatic heterocycles. The molecular formula is C25H34O6. The minimum absolute atomic E-state index is 0.0375. The van der Waals surface area contributed by atoms with Gasteiger partial charge in [0.2, 0.25) is 0 Å². The maximum absolute atomic E-state index is 13.0. The first-order valence-corrected chi connectivity index (χ1v) is 11.6. The second kappa shape index (κ2) is 6.81. The summed E-state index contributed by atoms with van der Waals surface area (Å²) in [6, 6.07) is 0. The van der Waals surface area contributed by atoms with Crippen molar-refractivity contribution in [2.45, 2.75) is 69.9 Å². The van der Waals surface area contributed by atoms with Gasteiger partial charge in [0, 0.05) is 18.3 Å². The highest BCUT2D eigenvalue weighted by Crippen LogP contribution is 2.68. The van der Waals surface area contributed by atoms with Gasteiger partial charge in [-0.05, 0) is 48.9 Å². The van der Waals surface area contributed by atoms with E-state index in [1.165, 1.54) is 7.11 Å². The Labute approximate surface area is 184 Å². The molecule has 0 bridgehead atoms. The van der Waals surface area contributed by atoms with E-state index in [0.29, 0.717) is 32.5 Å². The molecule has 3 saturated carbocycles. The third-order valence-electron chi connectivity index (χ3n) is 9.78. The first-order valence-electron chi connectivity index (χ1n) is 11.6. The second-order valence-electron chi connectivity index (χ2n) is 10.9. The summed E-state index contributed by atoms with van der Waals surface area (Å²) in [5.74, 6) is 1.07. The summed E-state index contributed by atoms with van der Waals surface area (Å²) in [6.45, 7) is 5.39. The zero-order chi connectivity index (χ0) is 22.2. The van der Waals surface area contributed by atoms with Crippen molar-refractivity contribution >= 4 is 5.97 Å². The van der Waals surface area contributed by atoms with Gasteiger partial charge < -0.3 is 24.4 Å². The van der Waals surface area contributed by atoms with Gasteiger partial charge in [-0.25, -0.2) is 0 Å². The van der Waals surface area contributed by atoms with Crippen LogP contribution in [-0.2, 0) is 19.0 Å². The summed E-state index contributed by atoms with van der Waals surface area (Å²) in [5, 5.41) is 22.8. The lowest BCUT2D eigenvalue weighted by molar-refractivity contribution is -0.204. The van der Waals surface area contributed by atoms with E-state index in [2.05, 4.69) is 18.9 Å². The lowest BCUT2D eigenvalue weighted by Gasteiger charge is -2.62. The lowest BCUT2D eigenvalue weighted by atomic mass is 9.44. The molecule has 1 heterocycles. The van der Waals surface area contributed by atoms with Crippen molar-refractivity contribution in [3.05, 3.63) is 11.6 Å². The number of fused-ring (bicyclic) bond motifs is 5. The van der Waals surface area contributed by atoms with Gasteiger partial charge in [0.05, 0.1) is 32.3 Å². The van der Waals surface area contributed by atoms with Crippen LogP contribution in [0.3, 0.4) is 0 Å². The zero-order valence-electron chi connectivity index (χ0n) is 18.7. The van der Waals surface area contributed by atoms with Gasteiger partial charge in [-0.3, -0.25) is 4.79 Å². The summed E-state index contributed by atoms with van der Waals surface area (Å²) in [7, 11) is 1.42. The number of ether oxygens (including phenoxy) is 3. The fraction of sp³-hybridized carbons (Fsp3) is 0.800. The average Bonchev–Trinajstić information content (AvgIpc) is 3.30. The highest BCUT2D eigenvalue weighted by Gasteiger charge is 2.68. The summed E-state index contributed by atoms with van der Waals surface area (Å²) in [4.78, 5) is 13.0. The maximum Gasteiger partial charge on any atom is 0.312 e. The van der Waals surface area contributed by atoms with E-state index in [1.54, 1.807) is 0 Å². The Morgan fingerprint density at radius 3 is 2.61 bits per heavy atom. The topological polar surface area (TPSA) is 85.2 Å². The summed E-state index contributed by atoms with van der Waals surface area (Å²) < 4.78 is 17.2. The van der Waals surface area contributed by atoms with Crippen LogP contribution >= 0.6 is 0 Å². The fourth-order valence-corrected chi connectivity index (χ4v) is 8.09. The Kier molecular flexibility index (Phi) is 4.71. The molecule has 170 valence electrons. The highest BCUT2D eigenvalue weighted by molar-refractivity contribution is 5.75. The minimum Gasteiger partial charge on any atom is -0.469 e. The van der Waals surface area contributed by atoms with E-state index in [0.717, 1.165) is 24.8 Å². The van der Waals surface area contributed by atoms with Crippen LogP contribution < -0.4 is 0 Å². The average molecular weight is 431 g/mol. The number of carbonyl (C=O) groups excluding carboxylic acids is 1. The van der Waals surface area contributed by atoms with Gasteiger partial charge in [-0.2, -0.15) is 0 Å². The molecule has 0 aromatic carbocycles. The molecule has 5 rings (SSSR count). The summed E-state index contributed by atoms with van der Waals surface area (Å²) in [6.07, 6.45) is 11.1. The number of methoxy groups -OCH3 is 1. The van der Waals surface area contributed by atoms with Crippen LogP contribution in [0, 0.1) is 46.8 Å². The molecule has 1 saturated heterocycles. The zero-order valence-corrected chi connectivity index (χ0v) is 18.7. The highest BCUT2D eigenvalue weighted by atomic mass is 16.7. The van der Waals surface area contributed by atoms with Gasteiger partial charge in [0.25, 0.3) is 0 Å². The molecule has 4 aliphatic carbocycles. The predicted octanol–water partition coefficient (Wildman–Crippen LogP) is 2.43. The Hall–Kier alpha value is -1.39. The molecule has 2 N–H and O–H groups in total. The number of rotatable bonds is 1. The van der Waals surface area contributed by atoms with Crippen molar-refractivity contribution in [1.29, 1.82) is 0 Å². The number of aliphatic hydroxyl groups is 2. The Morgan fingerprint density at radius 1 is 1.26 bits per heavy atom. The molecule has 2 unspecified atom stereocenters. The van der Waals surface area contributed by atoms with Crippen LogP contribution in [0.4, 0.5) is 0 Å². The molecule has 6 nitrogen and oxygen atoms in total. The quantitative estimate of drug-likeness (QED) is 0.378. The summed E-state index contributed by atoms with van der Waals surface area (Å²) >= 11 is 0. The van der Waals surface area contributed by atoms with Crippen LogP contribution in [0.15, 0.2) is 11.6 Å². The molecule has 1 spiro atoms. The molecule has 0 amide bonds. The molecule has 6 heteroatoms. The molecule has 31 heavy (non-hydrogen) atoms. The number of carbonyl (C=O) groups is 1. The fourth-order valence-electron chi connectivity index (χ4n) is 8.09. The Morgan fingerprint density at radius 2 is 1.97 bits per heavy atom. The molecule has 4 fully saturated rings. The van der Waals surface area contributed by atoms with Gasteiger partial charge in [0.1, 0.15) is 5.60 Å². The van der Waals surface area contributed by atoms with Crippen LogP contribution in [0.25, 0.3) is 0 Å². The third kappa shape index (κ3) is 2.70. The number of esters is 1. The Balaban J connectivity index is 1.62. The number of hydrogen-bond donors (Lipinski definition) is 2. The Bertz CT molecular complexity index is 853. The SMILES string of the molecule is C#CC1(O)CC[C@H]2[C@H]3C([C@H](O)C[C@@]21C)[C@@]1(C)CCC2(CC1=C[C@H]3C(=O)OC)OCCO2. The molecular weight excluding hydrogens is 396 g/mol. The normalized spacial score (nSPS) is 50.1. The number of terminal acetylenes is 1. The van der Waals surface area contributed by atoms with Gasteiger partial charge in [-0.15, -0.1) is 6.42 Å². The van der Waals surface area contributed by atoms with Crippen molar-refractivity contribution in [3.8, 4) is 12.3 Å². The van der Waals surface area contributed by atoms with Crippen LogP contribution in [0.5, 0.6) is 0 Å². The second-order valence-corrected chi connectivity index (χ2v) is 10.9. The van der Waals surface area contributed by atoms with Gasteiger partial charge >= 0.3 is 5.97 Å². The summed E-state index contributed by atoms with van der Waals surface area (Å²) in [5.41, 5.74) is -1.03. The maximum atomic E-state index is 13.0. The molecule has 0 aromatic heterocycles. The van der Waals surface area contributed by atoms with Crippen LogP contribution in [0.1, 0.15) is 52.4 Å². The number of aliphatic hydroxyl groups excluding tert-OH is 1. The van der Waals surface area contributed by atoms with Crippen LogP contribution in [0.2, 0.25) is 0 Å². The van der Waals surface area contributed by atoms with E-state index in [1.807, 2.05) is 6.92 Å². The largest absolute Gasteiger partial charge is 0.469 e. The van der Waals surface area contributed by atoms with Crippen molar-refractivity contribution < 1.29 is 29.2 Å². The van der Waals surface area contributed by atoms with Crippen molar-refractivity contribution in [1.82, 2.24) is 0 Å². The first-order chi connectivity index (χ1) is 14.6. The van der Waals surface area contributed by atoms with E-state index in [9.17, 15) is 15.0 Å². The van der Waals surface area contributed by atoms with Crippen LogP contribution in [-0.4, -0.2) is 54.0 Å².